The lowest BCUT2D eigenvalue weighted by molar-refractivity contribution is -0.117. The van der Waals surface area contributed by atoms with Gasteiger partial charge in [0.05, 0.1) is 22.7 Å². The van der Waals surface area contributed by atoms with E-state index < -0.39 is 11.7 Å². The average Bonchev–Trinajstić information content (AvgIpc) is 2.47. The summed E-state index contributed by atoms with van der Waals surface area (Å²) in [6.07, 6.45) is 0. The number of carbonyl (C=O) groups excluding carboxylic acids is 2. The van der Waals surface area contributed by atoms with Crippen molar-refractivity contribution in [3.63, 3.8) is 0 Å². The number of aromatic nitrogens is 2. The third-order valence-corrected chi connectivity index (χ3v) is 4.14. The van der Waals surface area contributed by atoms with E-state index in [4.69, 9.17) is 0 Å². The number of hydrogen-bond acceptors (Lipinski definition) is 6. The van der Waals surface area contributed by atoms with Crippen LogP contribution in [0, 0.1) is 25.2 Å². The number of nitrogens with one attached hydrogen (secondary N) is 1. The molecule has 0 fully saturated rings. The Kier molecular flexibility index (Phi) is 4.96. The Morgan fingerprint density at radius 3 is 2.70 bits per heavy atom. The third kappa shape index (κ3) is 3.66. The summed E-state index contributed by atoms with van der Waals surface area (Å²) in [4.78, 5) is 42.1. The van der Waals surface area contributed by atoms with Crippen LogP contribution in [0.5, 0.6) is 0 Å². The topological polar surface area (TPSA) is 104 Å². The number of hydrogen-bond donors (Lipinski definition) is 1. The van der Waals surface area contributed by atoms with Crippen LogP contribution in [0.1, 0.15) is 29.8 Å². The summed E-state index contributed by atoms with van der Waals surface area (Å²) in [5.74, 6) is -1.76. The van der Waals surface area contributed by atoms with Crippen molar-refractivity contribution in [2.45, 2.75) is 26.7 Å². The molecule has 0 aliphatic rings. The SMILES string of the molecule is CC(=O)SCC(=O)[C@H](C#N)c1nc2c(C)cc(C)cc2c(=O)[nH]1. The van der Waals surface area contributed by atoms with E-state index in [1.807, 2.05) is 26.0 Å². The zero-order chi connectivity index (χ0) is 17.1. The minimum Gasteiger partial charge on any atom is -0.308 e. The quantitative estimate of drug-likeness (QED) is 0.920. The number of nitrogens with zero attached hydrogens (tertiary/aromatic N) is 2. The molecule has 0 bridgehead atoms. The summed E-state index contributed by atoms with van der Waals surface area (Å²) in [5.41, 5.74) is 1.82. The van der Waals surface area contributed by atoms with Crippen LogP contribution >= 0.6 is 11.8 Å². The van der Waals surface area contributed by atoms with Gasteiger partial charge in [-0.2, -0.15) is 5.26 Å². The molecule has 0 saturated heterocycles. The zero-order valence-corrected chi connectivity index (χ0v) is 13.8. The average molecular weight is 329 g/mol. The molecule has 23 heavy (non-hydrogen) atoms. The van der Waals surface area contributed by atoms with Crippen molar-refractivity contribution in [3.8, 4) is 6.07 Å². The minimum atomic E-state index is -1.19. The van der Waals surface area contributed by atoms with Crippen LogP contribution < -0.4 is 5.56 Å². The summed E-state index contributed by atoms with van der Waals surface area (Å²) in [6, 6.07) is 5.46. The molecular formula is C16H15N3O3S. The molecule has 1 atom stereocenters. The standard InChI is InChI=1S/C16H15N3O3S/c1-8-4-9(2)14-11(5-8)16(22)19-15(18-14)12(6-17)13(21)7-23-10(3)20/h4-5,12H,7H2,1-3H3,(H,18,19,22)/t12-/m0/s1. The van der Waals surface area contributed by atoms with Crippen molar-refractivity contribution in [1.29, 1.82) is 5.26 Å². The molecular weight excluding hydrogens is 314 g/mol. The molecule has 0 radical (unpaired) electrons. The number of benzene rings is 1. The van der Waals surface area contributed by atoms with Crippen LogP contribution in [0.4, 0.5) is 0 Å². The fourth-order valence-electron chi connectivity index (χ4n) is 2.29. The van der Waals surface area contributed by atoms with E-state index in [2.05, 4.69) is 9.97 Å². The van der Waals surface area contributed by atoms with Crippen molar-refractivity contribution in [3.05, 3.63) is 39.4 Å². The number of carbonyl (C=O) groups is 2. The molecule has 1 heterocycles. The lowest BCUT2D eigenvalue weighted by atomic mass is 10.0. The first-order valence-corrected chi connectivity index (χ1v) is 7.89. The van der Waals surface area contributed by atoms with Crippen LogP contribution in [0.25, 0.3) is 10.9 Å². The van der Waals surface area contributed by atoms with Gasteiger partial charge in [0.1, 0.15) is 5.82 Å². The van der Waals surface area contributed by atoms with Crippen LogP contribution in [0.15, 0.2) is 16.9 Å². The number of ketones is 1. The van der Waals surface area contributed by atoms with Crippen molar-refractivity contribution < 1.29 is 9.59 Å². The lowest BCUT2D eigenvalue weighted by Gasteiger charge is -2.09. The highest BCUT2D eigenvalue weighted by molar-refractivity contribution is 8.14. The number of Topliss-reactive ketones (excluding diaryl/α,β-unsaturated/α-hetero) is 1. The second-order valence-electron chi connectivity index (χ2n) is 5.24. The van der Waals surface area contributed by atoms with E-state index in [0.717, 1.165) is 22.9 Å². The Morgan fingerprint density at radius 1 is 1.39 bits per heavy atom. The van der Waals surface area contributed by atoms with Gasteiger partial charge in [-0.05, 0) is 31.0 Å². The molecule has 1 N–H and O–H groups in total. The van der Waals surface area contributed by atoms with Crippen LogP contribution in [-0.4, -0.2) is 26.6 Å². The first kappa shape index (κ1) is 16.9. The van der Waals surface area contributed by atoms with Crippen LogP contribution in [-0.2, 0) is 9.59 Å². The van der Waals surface area contributed by atoms with Gasteiger partial charge in [0.2, 0.25) is 0 Å². The van der Waals surface area contributed by atoms with Gasteiger partial charge in [0.15, 0.2) is 16.8 Å². The number of rotatable bonds is 4. The molecule has 7 heteroatoms. The smallest absolute Gasteiger partial charge is 0.258 e. The number of thioether (sulfide) groups is 1. The molecule has 1 aromatic carbocycles. The minimum absolute atomic E-state index is 0.0195. The first-order valence-electron chi connectivity index (χ1n) is 6.90. The van der Waals surface area contributed by atoms with E-state index in [-0.39, 0.29) is 22.3 Å². The lowest BCUT2D eigenvalue weighted by Crippen LogP contribution is -2.21. The van der Waals surface area contributed by atoms with Gasteiger partial charge in [-0.25, -0.2) is 4.98 Å². The Balaban J connectivity index is 2.50. The molecule has 2 rings (SSSR count). The van der Waals surface area contributed by atoms with Gasteiger partial charge in [-0.3, -0.25) is 14.4 Å². The van der Waals surface area contributed by atoms with Crippen molar-refractivity contribution >= 4 is 33.6 Å². The molecule has 0 unspecified atom stereocenters. The molecule has 2 aromatic rings. The van der Waals surface area contributed by atoms with Crippen molar-refractivity contribution in [1.82, 2.24) is 9.97 Å². The second-order valence-corrected chi connectivity index (χ2v) is 6.39. The number of nitriles is 1. The maximum absolute atomic E-state index is 12.2. The monoisotopic (exact) mass is 329 g/mol. The van der Waals surface area contributed by atoms with E-state index >= 15 is 0 Å². The predicted octanol–water partition coefficient (Wildman–Crippen LogP) is 2.00. The number of H-pyrrole nitrogens is 1. The van der Waals surface area contributed by atoms with E-state index in [1.54, 1.807) is 6.07 Å². The number of aryl methyl sites for hydroxylation is 2. The highest BCUT2D eigenvalue weighted by atomic mass is 32.2. The largest absolute Gasteiger partial charge is 0.308 e. The summed E-state index contributed by atoms with van der Waals surface area (Å²) in [5, 5.41) is 9.48. The molecule has 0 aliphatic heterocycles. The summed E-state index contributed by atoms with van der Waals surface area (Å²) in [7, 11) is 0. The molecule has 0 amide bonds. The number of fused-ring (bicyclic) bond motifs is 1. The summed E-state index contributed by atoms with van der Waals surface area (Å²) >= 11 is 0.831. The van der Waals surface area contributed by atoms with Gasteiger partial charge >= 0.3 is 0 Å². The fraction of sp³-hybridized carbons (Fsp3) is 0.312. The molecule has 1 aromatic heterocycles. The predicted molar refractivity (Wildman–Crippen MR) is 88.3 cm³/mol. The van der Waals surface area contributed by atoms with Gasteiger partial charge in [0, 0.05) is 6.92 Å². The summed E-state index contributed by atoms with van der Waals surface area (Å²) in [6.45, 7) is 5.04. The summed E-state index contributed by atoms with van der Waals surface area (Å²) < 4.78 is 0. The molecule has 0 aliphatic carbocycles. The molecule has 0 saturated carbocycles. The highest BCUT2D eigenvalue weighted by Crippen LogP contribution is 2.19. The maximum Gasteiger partial charge on any atom is 0.258 e. The van der Waals surface area contributed by atoms with E-state index in [0.29, 0.717) is 10.9 Å². The molecule has 6 nitrogen and oxygen atoms in total. The fourth-order valence-corrected chi connectivity index (χ4v) is 2.80. The van der Waals surface area contributed by atoms with E-state index in [1.165, 1.54) is 6.92 Å². The Labute approximate surface area is 136 Å². The second kappa shape index (κ2) is 6.75. The van der Waals surface area contributed by atoms with E-state index in [9.17, 15) is 19.6 Å². The third-order valence-electron chi connectivity index (χ3n) is 3.31. The zero-order valence-electron chi connectivity index (χ0n) is 13.0. The van der Waals surface area contributed by atoms with Gasteiger partial charge < -0.3 is 4.98 Å². The maximum atomic E-state index is 12.2. The number of aromatic amines is 1. The van der Waals surface area contributed by atoms with Crippen LogP contribution in [0.3, 0.4) is 0 Å². The molecule has 0 spiro atoms. The van der Waals surface area contributed by atoms with Crippen LogP contribution in [0.2, 0.25) is 0 Å². The molecule has 118 valence electrons. The van der Waals surface area contributed by atoms with Crippen molar-refractivity contribution in [2.24, 2.45) is 0 Å². The Hall–Kier alpha value is -2.46. The van der Waals surface area contributed by atoms with Gasteiger partial charge in [0.25, 0.3) is 5.56 Å². The first-order chi connectivity index (χ1) is 10.8. The van der Waals surface area contributed by atoms with Gasteiger partial charge in [-0.1, -0.05) is 17.8 Å². The highest BCUT2D eigenvalue weighted by Gasteiger charge is 2.24. The van der Waals surface area contributed by atoms with Gasteiger partial charge in [-0.15, -0.1) is 0 Å². The Bertz CT molecular complexity index is 896. The van der Waals surface area contributed by atoms with Crippen molar-refractivity contribution in [2.75, 3.05) is 5.75 Å². The normalized spacial score (nSPS) is 11.9. The Morgan fingerprint density at radius 2 is 2.09 bits per heavy atom.